The number of rotatable bonds is 4. The molecule has 2 heterocycles. The number of aromatic nitrogens is 1. The number of hydrogen-bond acceptors (Lipinski definition) is 3. The predicted octanol–water partition coefficient (Wildman–Crippen LogP) is 4.24. The summed E-state index contributed by atoms with van der Waals surface area (Å²) in [4.78, 5) is 4.67. The second-order valence-electron chi connectivity index (χ2n) is 4.31. The van der Waals surface area contributed by atoms with Crippen LogP contribution in [-0.4, -0.2) is 11.5 Å². The topological polar surface area (TPSA) is 24.9 Å². The summed E-state index contributed by atoms with van der Waals surface area (Å²) in [7, 11) is 0. The summed E-state index contributed by atoms with van der Waals surface area (Å²) in [5, 5.41) is 5.60. The van der Waals surface area contributed by atoms with E-state index in [0.717, 1.165) is 18.5 Å². The number of pyridine rings is 1. The lowest BCUT2D eigenvalue weighted by molar-refractivity contribution is 0.830. The van der Waals surface area contributed by atoms with E-state index in [4.69, 9.17) is 0 Å². The standard InChI is InChI=1S/C13H18N2S/c1-4-6-14-12-8-11(9(2)3)15-10-5-7-16-13(10)12/h5,7-9H,4,6H2,1-3H3,(H,14,15). The third-order valence-electron chi connectivity index (χ3n) is 2.59. The summed E-state index contributed by atoms with van der Waals surface area (Å²) in [6.45, 7) is 7.58. The normalized spacial score (nSPS) is 11.2. The van der Waals surface area contributed by atoms with Crippen molar-refractivity contribution in [2.24, 2.45) is 0 Å². The molecule has 3 heteroatoms. The van der Waals surface area contributed by atoms with E-state index in [0.29, 0.717) is 5.92 Å². The van der Waals surface area contributed by atoms with Gasteiger partial charge in [0.1, 0.15) is 0 Å². The van der Waals surface area contributed by atoms with Crippen LogP contribution in [0.4, 0.5) is 5.69 Å². The average molecular weight is 234 g/mol. The Morgan fingerprint density at radius 1 is 1.44 bits per heavy atom. The second-order valence-corrected chi connectivity index (χ2v) is 5.23. The van der Waals surface area contributed by atoms with Gasteiger partial charge in [0.25, 0.3) is 0 Å². The molecule has 0 fully saturated rings. The van der Waals surface area contributed by atoms with Gasteiger partial charge in [-0.3, -0.25) is 4.98 Å². The first kappa shape index (κ1) is 11.4. The van der Waals surface area contributed by atoms with Crippen molar-refractivity contribution in [3.63, 3.8) is 0 Å². The van der Waals surface area contributed by atoms with Crippen LogP contribution in [0.15, 0.2) is 17.5 Å². The molecule has 1 N–H and O–H groups in total. The highest BCUT2D eigenvalue weighted by Crippen LogP contribution is 2.30. The van der Waals surface area contributed by atoms with Gasteiger partial charge in [-0.05, 0) is 29.9 Å². The zero-order valence-corrected chi connectivity index (χ0v) is 10.9. The number of fused-ring (bicyclic) bond motifs is 1. The Balaban J connectivity index is 2.46. The first-order chi connectivity index (χ1) is 7.72. The van der Waals surface area contributed by atoms with Crippen LogP contribution >= 0.6 is 11.3 Å². The Morgan fingerprint density at radius 2 is 2.25 bits per heavy atom. The Kier molecular flexibility index (Phi) is 3.44. The van der Waals surface area contributed by atoms with Gasteiger partial charge in [0, 0.05) is 12.2 Å². The van der Waals surface area contributed by atoms with Crippen molar-refractivity contribution in [3.8, 4) is 0 Å². The van der Waals surface area contributed by atoms with Crippen molar-refractivity contribution in [1.29, 1.82) is 0 Å². The summed E-state index contributed by atoms with van der Waals surface area (Å²) in [5.41, 5.74) is 3.53. The molecule has 0 aliphatic rings. The minimum atomic E-state index is 0.478. The maximum Gasteiger partial charge on any atom is 0.0834 e. The molecule has 0 bridgehead atoms. The van der Waals surface area contributed by atoms with Crippen LogP contribution in [0.2, 0.25) is 0 Å². The van der Waals surface area contributed by atoms with Crippen LogP contribution in [0.1, 0.15) is 38.8 Å². The van der Waals surface area contributed by atoms with Gasteiger partial charge in [0.15, 0.2) is 0 Å². The molecular weight excluding hydrogens is 216 g/mol. The molecule has 0 atom stereocenters. The van der Waals surface area contributed by atoms with Gasteiger partial charge in [-0.1, -0.05) is 20.8 Å². The molecule has 16 heavy (non-hydrogen) atoms. The van der Waals surface area contributed by atoms with Gasteiger partial charge in [0.2, 0.25) is 0 Å². The second kappa shape index (κ2) is 4.83. The number of nitrogens with one attached hydrogen (secondary N) is 1. The minimum Gasteiger partial charge on any atom is -0.384 e. The first-order valence-corrected chi connectivity index (χ1v) is 6.72. The molecule has 2 nitrogen and oxygen atoms in total. The average Bonchev–Trinajstić information content (AvgIpc) is 2.73. The van der Waals surface area contributed by atoms with Crippen molar-refractivity contribution in [2.75, 3.05) is 11.9 Å². The monoisotopic (exact) mass is 234 g/mol. The first-order valence-electron chi connectivity index (χ1n) is 5.84. The fraction of sp³-hybridized carbons (Fsp3) is 0.462. The summed E-state index contributed by atoms with van der Waals surface area (Å²) in [6, 6.07) is 4.29. The molecule has 0 saturated carbocycles. The molecule has 0 radical (unpaired) electrons. The van der Waals surface area contributed by atoms with Crippen molar-refractivity contribution in [3.05, 3.63) is 23.2 Å². The van der Waals surface area contributed by atoms with Crippen molar-refractivity contribution >= 4 is 27.2 Å². The molecule has 0 saturated heterocycles. The van der Waals surface area contributed by atoms with Crippen LogP contribution in [0.5, 0.6) is 0 Å². The maximum atomic E-state index is 4.67. The fourth-order valence-corrected chi connectivity index (χ4v) is 2.49. The Morgan fingerprint density at radius 3 is 2.94 bits per heavy atom. The number of thiophene rings is 1. The van der Waals surface area contributed by atoms with Crippen LogP contribution in [-0.2, 0) is 0 Å². The van der Waals surface area contributed by atoms with Crippen LogP contribution < -0.4 is 5.32 Å². The lowest BCUT2D eigenvalue weighted by atomic mass is 10.1. The van der Waals surface area contributed by atoms with Crippen LogP contribution in [0.3, 0.4) is 0 Å². The Bertz CT molecular complexity index is 474. The molecule has 0 spiro atoms. The largest absolute Gasteiger partial charge is 0.384 e. The zero-order chi connectivity index (χ0) is 11.5. The molecule has 0 aliphatic heterocycles. The predicted molar refractivity (Wildman–Crippen MR) is 72.5 cm³/mol. The summed E-state index contributed by atoms with van der Waals surface area (Å²) >= 11 is 1.76. The molecule has 0 amide bonds. The molecule has 2 aromatic heterocycles. The third-order valence-corrected chi connectivity index (χ3v) is 3.52. The summed E-state index contributed by atoms with van der Waals surface area (Å²) < 4.78 is 1.28. The molecular formula is C13H18N2S. The van der Waals surface area contributed by atoms with E-state index in [-0.39, 0.29) is 0 Å². The maximum absolute atomic E-state index is 4.67. The highest BCUT2D eigenvalue weighted by molar-refractivity contribution is 7.17. The third kappa shape index (κ3) is 2.19. The fourth-order valence-electron chi connectivity index (χ4n) is 1.66. The highest BCUT2D eigenvalue weighted by Gasteiger charge is 2.08. The number of anilines is 1. The van der Waals surface area contributed by atoms with Gasteiger partial charge in [0.05, 0.1) is 15.9 Å². The SMILES string of the molecule is CCCNc1cc(C(C)C)nc2ccsc12. The van der Waals surface area contributed by atoms with E-state index in [9.17, 15) is 0 Å². The Labute approximate surface area is 101 Å². The van der Waals surface area contributed by atoms with Crippen LogP contribution in [0, 0.1) is 0 Å². The van der Waals surface area contributed by atoms with Gasteiger partial charge in [-0.2, -0.15) is 0 Å². The summed E-state index contributed by atoms with van der Waals surface area (Å²) in [5.74, 6) is 0.478. The minimum absolute atomic E-state index is 0.478. The smallest absolute Gasteiger partial charge is 0.0834 e. The zero-order valence-electron chi connectivity index (χ0n) is 10.1. The summed E-state index contributed by atoms with van der Waals surface area (Å²) in [6.07, 6.45) is 1.15. The Hall–Kier alpha value is -1.09. The highest BCUT2D eigenvalue weighted by atomic mass is 32.1. The molecule has 0 aromatic carbocycles. The van der Waals surface area contributed by atoms with Crippen LogP contribution in [0.25, 0.3) is 10.2 Å². The number of nitrogens with zero attached hydrogens (tertiary/aromatic N) is 1. The van der Waals surface area contributed by atoms with Gasteiger partial charge in [-0.15, -0.1) is 11.3 Å². The van der Waals surface area contributed by atoms with Crippen molar-refractivity contribution < 1.29 is 0 Å². The quantitative estimate of drug-likeness (QED) is 0.855. The molecule has 0 aliphatic carbocycles. The van der Waals surface area contributed by atoms with E-state index in [1.807, 2.05) is 0 Å². The van der Waals surface area contributed by atoms with E-state index in [1.165, 1.54) is 16.1 Å². The van der Waals surface area contributed by atoms with Gasteiger partial charge < -0.3 is 5.32 Å². The molecule has 0 unspecified atom stereocenters. The molecule has 2 rings (SSSR count). The molecule has 86 valence electrons. The van der Waals surface area contributed by atoms with E-state index in [2.05, 4.69) is 48.6 Å². The lowest BCUT2D eigenvalue weighted by Crippen LogP contribution is -2.02. The van der Waals surface area contributed by atoms with Gasteiger partial charge in [-0.25, -0.2) is 0 Å². The van der Waals surface area contributed by atoms with Crippen molar-refractivity contribution in [2.45, 2.75) is 33.1 Å². The van der Waals surface area contributed by atoms with Gasteiger partial charge >= 0.3 is 0 Å². The lowest BCUT2D eigenvalue weighted by Gasteiger charge is -2.10. The van der Waals surface area contributed by atoms with E-state index >= 15 is 0 Å². The van der Waals surface area contributed by atoms with E-state index < -0.39 is 0 Å². The molecule has 2 aromatic rings. The number of hydrogen-bond donors (Lipinski definition) is 1. The van der Waals surface area contributed by atoms with Crippen molar-refractivity contribution in [1.82, 2.24) is 4.98 Å². The van der Waals surface area contributed by atoms with E-state index in [1.54, 1.807) is 11.3 Å².